The highest BCUT2D eigenvalue weighted by atomic mass is 35.5. The Kier molecular flexibility index (Phi) is 3.28. The zero-order chi connectivity index (χ0) is 13.3. The Morgan fingerprint density at radius 1 is 1.42 bits per heavy atom. The fourth-order valence-corrected chi connectivity index (χ4v) is 2.45. The molecule has 1 aliphatic heterocycles. The van der Waals surface area contributed by atoms with Crippen LogP contribution in [-0.2, 0) is 4.74 Å². The third kappa shape index (κ3) is 2.64. The van der Waals surface area contributed by atoms with E-state index in [4.69, 9.17) is 16.3 Å². The SMILES string of the molecule is CC1(CNc2nc(Cl)nc3[nH]ncc23)CCOCC1. The summed E-state index contributed by atoms with van der Waals surface area (Å²) in [5.41, 5.74) is 0.880. The Morgan fingerprint density at radius 2 is 2.21 bits per heavy atom. The second-order valence-electron chi connectivity index (χ2n) is 5.25. The van der Waals surface area contributed by atoms with Crippen LogP contribution >= 0.6 is 11.6 Å². The van der Waals surface area contributed by atoms with E-state index in [0.717, 1.165) is 43.8 Å². The van der Waals surface area contributed by atoms with Gasteiger partial charge in [-0.15, -0.1) is 0 Å². The summed E-state index contributed by atoms with van der Waals surface area (Å²) in [7, 11) is 0. The molecule has 3 heterocycles. The molecule has 102 valence electrons. The van der Waals surface area contributed by atoms with Crippen LogP contribution < -0.4 is 5.32 Å². The molecule has 1 aliphatic rings. The molecule has 1 saturated heterocycles. The fourth-order valence-electron chi connectivity index (χ4n) is 2.28. The predicted molar refractivity (Wildman–Crippen MR) is 73.3 cm³/mol. The lowest BCUT2D eigenvalue weighted by Gasteiger charge is -2.33. The molecular formula is C12H16ClN5O. The maximum absolute atomic E-state index is 5.91. The van der Waals surface area contributed by atoms with Crippen LogP contribution in [0.15, 0.2) is 6.20 Å². The molecule has 6 nitrogen and oxygen atoms in total. The maximum Gasteiger partial charge on any atom is 0.226 e. The van der Waals surface area contributed by atoms with Gasteiger partial charge < -0.3 is 10.1 Å². The van der Waals surface area contributed by atoms with E-state index in [-0.39, 0.29) is 10.7 Å². The lowest BCUT2D eigenvalue weighted by molar-refractivity contribution is 0.0300. The Hall–Kier alpha value is -1.40. The van der Waals surface area contributed by atoms with Gasteiger partial charge in [0, 0.05) is 19.8 Å². The number of hydrogen-bond acceptors (Lipinski definition) is 5. The number of fused-ring (bicyclic) bond motifs is 1. The van der Waals surface area contributed by atoms with E-state index in [0.29, 0.717) is 5.65 Å². The van der Waals surface area contributed by atoms with Crippen molar-refractivity contribution in [1.82, 2.24) is 20.2 Å². The average molecular weight is 282 g/mol. The van der Waals surface area contributed by atoms with Crippen LogP contribution in [0, 0.1) is 5.41 Å². The smallest absolute Gasteiger partial charge is 0.226 e. The third-order valence-electron chi connectivity index (χ3n) is 3.66. The van der Waals surface area contributed by atoms with Gasteiger partial charge in [0.1, 0.15) is 5.82 Å². The molecule has 0 atom stereocenters. The van der Waals surface area contributed by atoms with Gasteiger partial charge >= 0.3 is 0 Å². The number of nitrogens with one attached hydrogen (secondary N) is 2. The topological polar surface area (TPSA) is 75.7 Å². The highest BCUT2D eigenvalue weighted by Crippen LogP contribution is 2.30. The minimum Gasteiger partial charge on any atom is -0.381 e. The van der Waals surface area contributed by atoms with Crippen LogP contribution in [0.2, 0.25) is 5.28 Å². The number of halogens is 1. The first kappa shape index (κ1) is 12.6. The predicted octanol–water partition coefficient (Wildman–Crippen LogP) is 2.23. The molecule has 2 aromatic heterocycles. The molecule has 2 N–H and O–H groups in total. The van der Waals surface area contributed by atoms with Crippen LogP contribution in [0.25, 0.3) is 11.0 Å². The van der Waals surface area contributed by atoms with E-state index in [1.807, 2.05) is 0 Å². The molecule has 0 aliphatic carbocycles. The first-order valence-electron chi connectivity index (χ1n) is 6.35. The Morgan fingerprint density at radius 3 is 3.00 bits per heavy atom. The van der Waals surface area contributed by atoms with Gasteiger partial charge in [-0.25, -0.2) is 0 Å². The normalized spacial score (nSPS) is 18.6. The summed E-state index contributed by atoms with van der Waals surface area (Å²) < 4.78 is 5.40. The summed E-state index contributed by atoms with van der Waals surface area (Å²) in [6.07, 6.45) is 3.81. The molecule has 0 aromatic carbocycles. The fraction of sp³-hybridized carbons (Fsp3) is 0.583. The van der Waals surface area contributed by atoms with Crippen molar-refractivity contribution >= 4 is 28.5 Å². The lowest BCUT2D eigenvalue weighted by atomic mass is 9.82. The van der Waals surface area contributed by atoms with Gasteiger partial charge in [-0.2, -0.15) is 15.1 Å². The van der Waals surface area contributed by atoms with Crippen molar-refractivity contribution in [2.45, 2.75) is 19.8 Å². The third-order valence-corrected chi connectivity index (χ3v) is 3.83. The Balaban J connectivity index is 1.79. The van der Waals surface area contributed by atoms with Gasteiger partial charge in [-0.3, -0.25) is 5.10 Å². The first-order valence-corrected chi connectivity index (χ1v) is 6.72. The average Bonchev–Trinajstić information content (AvgIpc) is 2.85. The second-order valence-corrected chi connectivity index (χ2v) is 5.59. The van der Waals surface area contributed by atoms with Crippen molar-refractivity contribution < 1.29 is 4.74 Å². The van der Waals surface area contributed by atoms with Crippen LogP contribution in [0.4, 0.5) is 5.82 Å². The molecule has 0 amide bonds. The summed E-state index contributed by atoms with van der Waals surface area (Å²) in [5.74, 6) is 0.733. The molecule has 2 aromatic rings. The van der Waals surface area contributed by atoms with Crippen molar-refractivity contribution in [2.75, 3.05) is 25.1 Å². The van der Waals surface area contributed by atoms with Crippen molar-refractivity contribution in [3.63, 3.8) is 0 Å². The number of aromatic nitrogens is 4. The van der Waals surface area contributed by atoms with Gasteiger partial charge in [0.05, 0.1) is 11.6 Å². The molecule has 0 bridgehead atoms. The van der Waals surface area contributed by atoms with Crippen molar-refractivity contribution in [3.05, 3.63) is 11.5 Å². The number of aromatic amines is 1. The summed E-state index contributed by atoms with van der Waals surface area (Å²) in [6, 6.07) is 0. The van der Waals surface area contributed by atoms with E-state index in [2.05, 4.69) is 32.4 Å². The number of nitrogens with zero attached hydrogens (tertiary/aromatic N) is 3. The molecule has 0 spiro atoms. The largest absolute Gasteiger partial charge is 0.381 e. The standard InChI is InChI=1S/C12H16ClN5O/c1-12(2-4-19-5-3-12)7-14-9-8-6-15-18-10(8)17-11(13)16-9/h6H,2-5,7H2,1H3,(H2,14,15,16,17,18). The van der Waals surface area contributed by atoms with E-state index in [1.165, 1.54) is 0 Å². The van der Waals surface area contributed by atoms with E-state index >= 15 is 0 Å². The van der Waals surface area contributed by atoms with Gasteiger partial charge in [-0.05, 0) is 29.9 Å². The van der Waals surface area contributed by atoms with Crippen molar-refractivity contribution in [1.29, 1.82) is 0 Å². The highest BCUT2D eigenvalue weighted by molar-refractivity contribution is 6.28. The zero-order valence-electron chi connectivity index (χ0n) is 10.7. The summed E-state index contributed by atoms with van der Waals surface area (Å²) in [4.78, 5) is 8.33. The molecule has 3 rings (SSSR count). The molecule has 0 saturated carbocycles. The minimum atomic E-state index is 0.219. The van der Waals surface area contributed by atoms with Gasteiger partial charge in [0.15, 0.2) is 5.65 Å². The van der Waals surface area contributed by atoms with Crippen LogP contribution in [0.5, 0.6) is 0 Å². The van der Waals surface area contributed by atoms with Crippen LogP contribution in [-0.4, -0.2) is 39.9 Å². The quantitative estimate of drug-likeness (QED) is 0.844. The first-order chi connectivity index (χ1) is 9.16. The number of hydrogen-bond donors (Lipinski definition) is 2. The summed E-state index contributed by atoms with van der Waals surface area (Å²) >= 11 is 5.91. The van der Waals surface area contributed by atoms with E-state index in [1.54, 1.807) is 6.20 Å². The minimum absolute atomic E-state index is 0.219. The molecule has 19 heavy (non-hydrogen) atoms. The molecule has 7 heteroatoms. The second kappa shape index (κ2) is 4.94. The van der Waals surface area contributed by atoms with Gasteiger partial charge in [0.25, 0.3) is 0 Å². The molecule has 0 unspecified atom stereocenters. The summed E-state index contributed by atoms with van der Waals surface area (Å²) in [5, 5.41) is 11.2. The monoisotopic (exact) mass is 281 g/mol. The Labute approximate surface area is 115 Å². The molecule has 1 fully saturated rings. The van der Waals surface area contributed by atoms with Crippen molar-refractivity contribution in [2.24, 2.45) is 5.41 Å². The van der Waals surface area contributed by atoms with E-state index < -0.39 is 0 Å². The molecular weight excluding hydrogens is 266 g/mol. The highest BCUT2D eigenvalue weighted by Gasteiger charge is 2.27. The maximum atomic E-state index is 5.91. The van der Waals surface area contributed by atoms with Crippen LogP contribution in [0.3, 0.4) is 0 Å². The number of anilines is 1. The van der Waals surface area contributed by atoms with Crippen molar-refractivity contribution in [3.8, 4) is 0 Å². The van der Waals surface area contributed by atoms with Gasteiger partial charge in [-0.1, -0.05) is 6.92 Å². The number of ether oxygens (including phenoxy) is 1. The summed E-state index contributed by atoms with van der Waals surface area (Å²) in [6.45, 7) is 4.75. The zero-order valence-corrected chi connectivity index (χ0v) is 11.5. The van der Waals surface area contributed by atoms with Gasteiger partial charge in [0.2, 0.25) is 5.28 Å². The van der Waals surface area contributed by atoms with E-state index in [9.17, 15) is 0 Å². The Bertz CT molecular complexity index is 579. The van der Waals surface area contributed by atoms with Crippen LogP contribution in [0.1, 0.15) is 19.8 Å². The number of H-pyrrole nitrogens is 1. The number of rotatable bonds is 3. The lowest BCUT2D eigenvalue weighted by Crippen LogP contribution is -2.33. The molecule has 0 radical (unpaired) electrons.